The molecule has 0 unspecified atom stereocenters. The Bertz CT molecular complexity index is 379. The summed E-state index contributed by atoms with van der Waals surface area (Å²) < 4.78 is 2.04. The van der Waals surface area contributed by atoms with E-state index < -0.39 is 0 Å². The standard InChI is InChI=1S/C15H28N4/c1-3-13-11-15(18(2)17-13)12-19(10-6-9-16)14-7-4-5-8-14/h11,14H,3-10,12,16H2,1-2H3. The van der Waals surface area contributed by atoms with Gasteiger partial charge in [0.25, 0.3) is 0 Å². The van der Waals surface area contributed by atoms with Gasteiger partial charge in [-0.3, -0.25) is 9.58 Å². The number of hydrogen-bond donors (Lipinski definition) is 1. The Morgan fingerprint density at radius 3 is 2.74 bits per heavy atom. The molecule has 1 fully saturated rings. The summed E-state index contributed by atoms with van der Waals surface area (Å²) in [5.74, 6) is 0. The summed E-state index contributed by atoms with van der Waals surface area (Å²) in [6, 6.07) is 3.01. The van der Waals surface area contributed by atoms with E-state index in [-0.39, 0.29) is 0 Å². The largest absolute Gasteiger partial charge is 0.330 e. The molecular formula is C15H28N4. The summed E-state index contributed by atoms with van der Waals surface area (Å²) in [7, 11) is 2.06. The van der Waals surface area contributed by atoms with Gasteiger partial charge in [0.2, 0.25) is 0 Å². The summed E-state index contributed by atoms with van der Waals surface area (Å²) in [6.45, 7) is 5.09. The zero-order valence-electron chi connectivity index (χ0n) is 12.4. The molecule has 0 aromatic carbocycles. The first-order chi connectivity index (χ1) is 9.24. The van der Waals surface area contributed by atoms with Crippen LogP contribution in [0, 0.1) is 0 Å². The molecule has 4 nitrogen and oxygen atoms in total. The number of aromatic nitrogens is 2. The molecule has 0 spiro atoms. The van der Waals surface area contributed by atoms with Crippen LogP contribution in [0.4, 0.5) is 0 Å². The molecule has 0 bridgehead atoms. The van der Waals surface area contributed by atoms with Crippen molar-refractivity contribution in [2.75, 3.05) is 13.1 Å². The predicted molar refractivity (Wildman–Crippen MR) is 78.9 cm³/mol. The molecule has 2 rings (SSSR count). The third-order valence-corrected chi connectivity index (χ3v) is 4.25. The van der Waals surface area contributed by atoms with Gasteiger partial charge in [-0.15, -0.1) is 0 Å². The van der Waals surface area contributed by atoms with Crippen molar-refractivity contribution in [3.05, 3.63) is 17.5 Å². The summed E-state index contributed by atoms with van der Waals surface area (Å²) in [5, 5.41) is 4.55. The highest BCUT2D eigenvalue weighted by atomic mass is 15.3. The van der Waals surface area contributed by atoms with E-state index in [2.05, 4.69) is 30.0 Å². The molecule has 0 saturated heterocycles. The summed E-state index contributed by atoms with van der Waals surface area (Å²) in [6.07, 6.45) is 7.58. The molecule has 1 aromatic heterocycles. The van der Waals surface area contributed by atoms with Crippen LogP contribution in [0.15, 0.2) is 6.07 Å². The van der Waals surface area contributed by atoms with E-state index in [1.54, 1.807) is 0 Å². The third kappa shape index (κ3) is 3.80. The van der Waals surface area contributed by atoms with E-state index >= 15 is 0 Å². The first-order valence-electron chi connectivity index (χ1n) is 7.70. The lowest BCUT2D eigenvalue weighted by atomic mass is 10.2. The van der Waals surface area contributed by atoms with Crippen LogP contribution in [0.3, 0.4) is 0 Å². The molecule has 1 aliphatic rings. The molecule has 108 valence electrons. The number of hydrogen-bond acceptors (Lipinski definition) is 3. The number of nitrogens with two attached hydrogens (primary N) is 1. The van der Waals surface area contributed by atoms with Gasteiger partial charge in [-0.1, -0.05) is 19.8 Å². The maximum absolute atomic E-state index is 5.68. The van der Waals surface area contributed by atoms with Crippen LogP contribution in [0.1, 0.15) is 50.4 Å². The van der Waals surface area contributed by atoms with Gasteiger partial charge in [-0.05, 0) is 38.3 Å². The predicted octanol–water partition coefficient (Wildman–Crippen LogP) is 2.08. The maximum atomic E-state index is 5.68. The van der Waals surface area contributed by atoms with Crippen molar-refractivity contribution in [1.29, 1.82) is 0 Å². The van der Waals surface area contributed by atoms with Crippen molar-refractivity contribution < 1.29 is 0 Å². The van der Waals surface area contributed by atoms with Crippen molar-refractivity contribution in [2.45, 2.75) is 58.0 Å². The molecule has 1 aliphatic carbocycles. The summed E-state index contributed by atoms with van der Waals surface area (Å²) in [4.78, 5) is 2.62. The number of aryl methyl sites for hydroxylation is 2. The average molecular weight is 264 g/mol. The monoisotopic (exact) mass is 264 g/mol. The maximum Gasteiger partial charge on any atom is 0.0625 e. The molecule has 4 heteroatoms. The van der Waals surface area contributed by atoms with Crippen molar-refractivity contribution in [3.63, 3.8) is 0 Å². The fourth-order valence-electron chi connectivity index (χ4n) is 3.05. The first kappa shape index (κ1) is 14.5. The Morgan fingerprint density at radius 2 is 2.16 bits per heavy atom. The minimum atomic E-state index is 0.756. The van der Waals surface area contributed by atoms with E-state index in [4.69, 9.17) is 5.73 Å². The Labute approximate surface area is 117 Å². The molecule has 1 heterocycles. The van der Waals surface area contributed by atoms with Gasteiger partial charge in [0, 0.05) is 26.2 Å². The molecule has 2 N–H and O–H groups in total. The van der Waals surface area contributed by atoms with E-state index in [1.165, 1.54) is 37.1 Å². The Balaban J connectivity index is 2.02. The minimum Gasteiger partial charge on any atom is -0.330 e. The highest BCUT2D eigenvalue weighted by molar-refractivity contribution is 5.10. The van der Waals surface area contributed by atoms with Crippen molar-refractivity contribution in [2.24, 2.45) is 12.8 Å². The molecule has 1 saturated carbocycles. The molecular weight excluding hydrogens is 236 g/mol. The lowest BCUT2D eigenvalue weighted by Gasteiger charge is -2.28. The molecule has 1 aromatic rings. The lowest BCUT2D eigenvalue weighted by Crippen LogP contribution is -2.35. The van der Waals surface area contributed by atoms with Crippen molar-refractivity contribution in [1.82, 2.24) is 14.7 Å². The van der Waals surface area contributed by atoms with Crippen LogP contribution in [0.25, 0.3) is 0 Å². The fraction of sp³-hybridized carbons (Fsp3) is 0.800. The Kier molecular flexibility index (Phi) is 5.40. The Morgan fingerprint density at radius 1 is 1.42 bits per heavy atom. The molecule has 0 atom stereocenters. The minimum absolute atomic E-state index is 0.756. The van der Waals surface area contributed by atoms with Crippen LogP contribution >= 0.6 is 0 Å². The van der Waals surface area contributed by atoms with Gasteiger partial charge in [-0.2, -0.15) is 5.10 Å². The second-order valence-electron chi connectivity index (χ2n) is 5.66. The van der Waals surface area contributed by atoms with E-state index in [9.17, 15) is 0 Å². The molecule has 19 heavy (non-hydrogen) atoms. The summed E-state index contributed by atoms with van der Waals surface area (Å²) in [5.41, 5.74) is 8.21. The smallest absolute Gasteiger partial charge is 0.0625 e. The number of nitrogens with zero attached hydrogens (tertiary/aromatic N) is 3. The van der Waals surface area contributed by atoms with Crippen LogP contribution in [-0.2, 0) is 20.0 Å². The fourth-order valence-corrected chi connectivity index (χ4v) is 3.05. The second-order valence-corrected chi connectivity index (χ2v) is 5.66. The highest BCUT2D eigenvalue weighted by Crippen LogP contribution is 2.25. The van der Waals surface area contributed by atoms with Gasteiger partial charge in [0.05, 0.1) is 11.4 Å². The van der Waals surface area contributed by atoms with Crippen LogP contribution in [0.2, 0.25) is 0 Å². The molecule has 0 aliphatic heterocycles. The van der Waals surface area contributed by atoms with E-state index in [0.717, 1.165) is 38.5 Å². The quantitative estimate of drug-likeness (QED) is 0.820. The zero-order valence-corrected chi connectivity index (χ0v) is 12.4. The van der Waals surface area contributed by atoms with Gasteiger partial charge in [0.15, 0.2) is 0 Å². The SMILES string of the molecule is CCc1cc(CN(CCCN)C2CCCC2)n(C)n1. The lowest BCUT2D eigenvalue weighted by molar-refractivity contribution is 0.184. The van der Waals surface area contributed by atoms with Gasteiger partial charge >= 0.3 is 0 Å². The first-order valence-corrected chi connectivity index (χ1v) is 7.70. The third-order valence-electron chi connectivity index (χ3n) is 4.25. The van der Waals surface area contributed by atoms with Crippen LogP contribution in [-0.4, -0.2) is 33.8 Å². The topological polar surface area (TPSA) is 47.1 Å². The normalized spacial score (nSPS) is 16.6. The zero-order chi connectivity index (χ0) is 13.7. The van der Waals surface area contributed by atoms with Crippen molar-refractivity contribution in [3.8, 4) is 0 Å². The van der Waals surface area contributed by atoms with Crippen molar-refractivity contribution >= 4 is 0 Å². The summed E-state index contributed by atoms with van der Waals surface area (Å²) >= 11 is 0. The molecule has 0 amide bonds. The second kappa shape index (κ2) is 7.06. The Hall–Kier alpha value is -0.870. The number of rotatable bonds is 7. The van der Waals surface area contributed by atoms with Gasteiger partial charge < -0.3 is 5.73 Å². The van der Waals surface area contributed by atoms with E-state index in [0.29, 0.717) is 0 Å². The van der Waals surface area contributed by atoms with Gasteiger partial charge in [0.1, 0.15) is 0 Å². The van der Waals surface area contributed by atoms with Crippen LogP contribution < -0.4 is 5.73 Å². The average Bonchev–Trinajstić information content (AvgIpc) is 3.04. The molecule has 0 radical (unpaired) electrons. The van der Waals surface area contributed by atoms with Gasteiger partial charge in [-0.25, -0.2) is 0 Å². The van der Waals surface area contributed by atoms with Crippen LogP contribution in [0.5, 0.6) is 0 Å². The van der Waals surface area contributed by atoms with E-state index in [1.807, 2.05) is 4.68 Å². The highest BCUT2D eigenvalue weighted by Gasteiger charge is 2.23.